The van der Waals surface area contributed by atoms with Crippen LogP contribution in [0.2, 0.25) is 0 Å². The highest BCUT2D eigenvalue weighted by Gasteiger charge is 2.20. The van der Waals surface area contributed by atoms with Crippen molar-refractivity contribution in [2.75, 3.05) is 23.3 Å². The fourth-order valence-electron chi connectivity index (χ4n) is 2.91. The lowest BCUT2D eigenvalue weighted by Crippen LogP contribution is -2.31. The monoisotopic (exact) mass is 324 g/mol. The van der Waals surface area contributed by atoms with Crippen LogP contribution in [-0.2, 0) is 11.2 Å². The van der Waals surface area contributed by atoms with Gasteiger partial charge in [0.05, 0.1) is 12.6 Å². The summed E-state index contributed by atoms with van der Waals surface area (Å²) in [4.78, 5) is 14.5. The Balaban J connectivity index is 1.60. The first kappa shape index (κ1) is 16.4. The van der Waals surface area contributed by atoms with E-state index in [1.807, 2.05) is 43.3 Å². The maximum atomic E-state index is 12.4. The van der Waals surface area contributed by atoms with Crippen LogP contribution in [0.15, 0.2) is 48.5 Å². The minimum atomic E-state index is -0.00704. The quantitative estimate of drug-likeness (QED) is 0.877. The van der Waals surface area contributed by atoms with Gasteiger partial charge < -0.3 is 15.0 Å². The molecule has 1 atom stereocenters. The summed E-state index contributed by atoms with van der Waals surface area (Å²) in [5.74, 6) is 0.779. The van der Waals surface area contributed by atoms with Crippen molar-refractivity contribution < 1.29 is 9.53 Å². The zero-order valence-corrected chi connectivity index (χ0v) is 14.3. The van der Waals surface area contributed by atoms with Crippen molar-refractivity contribution in [3.63, 3.8) is 0 Å². The Hall–Kier alpha value is -2.49. The minimum Gasteiger partial charge on any atom is -0.491 e. The van der Waals surface area contributed by atoms with E-state index in [9.17, 15) is 4.79 Å². The van der Waals surface area contributed by atoms with Gasteiger partial charge in [0.15, 0.2) is 0 Å². The number of nitrogens with zero attached hydrogens (tertiary/aromatic N) is 1. The van der Waals surface area contributed by atoms with Crippen LogP contribution in [0, 0.1) is 0 Å². The van der Waals surface area contributed by atoms with Gasteiger partial charge in [0.1, 0.15) is 5.75 Å². The SMILES string of the molecule is CCC(C)Oc1cccc(NC(=O)CN2CCc3ccccc32)c1. The number of ether oxygens (including phenoxy) is 1. The summed E-state index contributed by atoms with van der Waals surface area (Å²) in [7, 11) is 0. The van der Waals surface area contributed by atoms with Crippen molar-refractivity contribution >= 4 is 17.3 Å². The largest absolute Gasteiger partial charge is 0.491 e. The molecule has 126 valence electrons. The van der Waals surface area contributed by atoms with Crippen molar-refractivity contribution in [3.8, 4) is 5.75 Å². The molecule has 1 aliphatic heterocycles. The molecule has 3 rings (SSSR count). The molecule has 0 radical (unpaired) electrons. The second-order valence-corrected chi connectivity index (χ2v) is 6.21. The molecule has 0 aromatic heterocycles. The lowest BCUT2D eigenvalue weighted by molar-refractivity contribution is -0.115. The smallest absolute Gasteiger partial charge is 0.243 e. The Kier molecular flexibility index (Phi) is 5.04. The number of hydrogen-bond donors (Lipinski definition) is 1. The van der Waals surface area contributed by atoms with E-state index in [0.717, 1.165) is 30.8 Å². The number of carbonyl (C=O) groups excluding carboxylic acids is 1. The molecule has 4 nitrogen and oxygen atoms in total. The summed E-state index contributed by atoms with van der Waals surface area (Å²) in [6.07, 6.45) is 2.11. The average Bonchev–Trinajstić information content (AvgIpc) is 2.98. The number of anilines is 2. The van der Waals surface area contributed by atoms with Gasteiger partial charge in [-0.1, -0.05) is 31.2 Å². The number of para-hydroxylation sites is 1. The number of nitrogens with one attached hydrogen (secondary N) is 1. The van der Waals surface area contributed by atoms with Crippen LogP contribution in [0.25, 0.3) is 0 Å². The van der Waals surface area contributed by atoms with Gasteiger partial charge in [0.2, 0.25) is 5.91 Å². The van der Waals surface area contributed by atoms with Gasteiger partial charge in [-0.25, -0.2) is 0 Å². The lowest BCUT2D eigenvalue weighted by atomic mass is 10.2. The van der Waals surface area contributed by atoms with Crippen LogP contribution in [-0.4, -0.2) is 25.1 Å². The van der Waals surface area contributed by atoms with Gasteiger partial charge in [-0.05, 0) is 43.5 Å². The molecule has 1 N–H and O–H groups in total. The van der Waals surface area contributed by atoms with Crippen molar-refractivity contribution in [1.29, 1.82) is 0 Å². The molecule has 24 heavy (non-hydrogen) atoms. The predicted molar refractivity (Wildman–Crippen MR) is 97.8 cm³/mol. The molecule has 0 aliphatic carbocycles. The Morgan fingerprint density at radius 3 is 2.92 bits per heavy atom. The third-order valence-corrected chi connectivity index (χ3v) is 4.35. The molecule has 0 fully saturated rings. The molecule has 0 saturated carbocycles. The van der Waals surface area contributed by atoms with Crippen LogP contribution in [0.4, 0.5) is 11.4 Å². The molecule has 0 spiro atoms. The number of amides is 1. The highest BCUT2D eigenvalue weighted by molar-refractivity contribution is 5.94. The zero-order valence-electron chi connectivity index (χ0n) is 14.3. The minimum absolute atomic E-state index is 0.00704. The first-order valence-corrected chi connectivity index (χ1v) is 8.55. The standard InChI is InChI=1S/C20H24N2O2/c1-3-15(2)24-18-9-6-8-17(13-18)21-20(23)14-22-12-11-16-7-4-5-10-19(16)22/h4-10,13,15H,3,11-12,14H2,1-2H3,(H,21,23). The first-order valence-electron chi connectivity index (χ1n) is 8.55. The maximum Gasteiger partial charge on any atom is 0.243 e. The number of benzene rings is 2. The molecular weight excluding hydrogens is 300 g/mol. The fraction of sp³-hybridized carbons (Fsp3) is 0.350. The molecule has 1 amide bonds. The Bertz CT molecular complexity index is 714. The van der Waals surface area contributed by atoms with Gasteiger partial charge in [-0.15, -0.1) is 0 Å². The van der Waals surface area contributed by atoms with Crippen molar-refractivity contribution in [1.82, 2.24) is 0 Å². The summed E-state index contributed by atoms with van der Waals surface area (Å²) in [5, 5.41) is 2.97. The molecule has 1 unspecified atom stereocenters. The van der Waals surface area contributed by atoms with Crippen LogP contribution in [0.3, 0.4) is 0 Å². The van der Waals surface area contributed by atoms with Gasteiger partial charge >= 0.3 is 0 Å². The molecule has 2 aromatic carbocycles. The van der Waals surface area contributed by atoms with E-state index >= 15 is 0 Å². The molecule has 0 bridgehead atoms. The summed E-state index contributed by atoms with van der Waals surface area (Å²) < 4.78 is 5.80. The summed E-state index contributed by atoms with van der Waals surface area (Å²) in [5.41, 5.74) is 3.25. The molecular formula is C20H24N2O2. The Morgan fingerprint density at radius 1 is 1.25 bits per heavy atom. The first-order chi connectivity index (χ1) is 11.7. The lowest BCUT2D eigenvalue weighted by Gasteiger charge is -2.19. The molecule has 1 aliphatic rings. The molecule has 1 heterocycles. The van der Waals surface area contributed by atoms with E-state index < -0.39 is 0 Å². The summed E-state index contributed by atoms with van der Waals surface area (Å²) in [6, 6.07) is 15.9. The van der Waals surface area contributed by atoms with Crippen molar-refractivity contribution in [2.24, 2.45) is 0 Å². The Labute approximate surface area is 143 Å². The van der Waals surface area contributed by atoms with Crippen LogP contribution < -0.4 is 15.0 Å². The summed E-state index contributed by atoms with van der Waals surface area (Å²) >= 11 is 0. The van der Waals surface area contributed by atoms with E-state index in [1.165, 1.54) is 11.3 Å². The van der Waals surface area contributed by atoms with Crippen LogP contribution in [0.1, 0.15) is 25.8 Å². The highest BCUT2D eigenvalue weighted by atomic mass is 16.5. The zero-order chi connectivity index (χ0) is 16.9. The number of fused-ring (bicyclic) bond motifs is 1. The third-order valence-electron chi connectivity index (χ3n) is 4.35. The van der Waals surface area contributed by atoms with Gasteiger partial charge in [0.25, 0.3) is 0 Å². The maximum absolute atomic E-state index is 12.4. The number of hydrogen-bond acceptors (Lipinski definition) is 3. The van der Waals surface area contributed by atoms with E-state index in [0.29, 0.717) is 6.54 Å². The number of carbonyl (C=O) groups is 1. The van der Waals surface area contributed by atoms with Crippen LogP contribution >= 0.6 is 0 Å². The number of rotatable bonds is 6. The fourth-order valence-corrected chi connectivity index (χ4v) is 2.91. The van der Waals surface area contributed by atoms with Gasteiger partial charge in [0, 0.05) is 24.0 Å². The second kappa shape index (κ2) is 7.39. The van der Waals surface area contributed by atoms with E-state index in [2.05, 4.69) is 29.3 Å². The van der Waals surface area contributed by atoms with Gasteiger partial charge in [-0.2, -0.15) is 0 Å². The predicted octanol–water partition coefficient (Wildman–Crippen LogP) is 3.87. The topological polar surface area (TPSA) is 41.6 Å². The normalized spacial score (nSPS) is 14.2. The second-order valence-electron chi connectivity index (χ2n) is 6.21. The average molecular weight is 324 g/mol. The molecule has 4 heteroatoms. The van der Waals surface area contributed by atoms with Crippen molar-refractivity contribution in [3.05, 3.63) is 54.1 Å². The third kappa shape index (κ3) is 3.88. The van der Waals surface area contributed by atoms with E-state index in [1.54, 1.807) is 0 Å². The Morgan fingerprint density at radius 2 is 2.08 bits per heavy atom. The molecule has 2 aromatic rings. The van der Waals surface area contributed by atoms with E-state index in [4.69, 9.17) is 4.74 Å². The van der Waals surface area contributed by atoms with Crippen LogP contribution in [0.5, 0.6) is 5.75 Å². The van der Waals surface area contributed by atoms with Crippen molar-refractivity contribution in [2.45, 2.75) is 32.8 Å². The highest BCUT2D eigenvalue weighted by Crippen LogP contribution is 2.27. The molecule has 0 saturated heterocycles. The summed E-state index contributed by atoms with van der Waals surface area (Å²) in [6.45, 7) is 5.39. The van der Waals surface area contributed by atoms with E-state index in [-0.39, 0.29) is 12.0 Å². The van der Waals surface area contributed by atoms with Gasteiger partial charge in [-0.3, -0.25) is 4.79 Å².